The number of imidazole rings is 1. The third kappa shape index (κ3) is 6.21. The van der Waals surface area contributed by atoms with Crippen LogP contribution in [0.15, 0.2) is 76.8 Å². The van der Waals surface area contributed by atoms with Gasteiger partial charge >= 0.3 is 0 Å². The van der Waals surface area contributed by atoms with Gasteiger partial charge in [0.2, 0.25) is 0 Å². The SMILES string of the molecule is C1=CC2=CC(C=C1)C(=NCCCNCc1cnc(-c3ccccc3)[nH]1)NS2.CC. The third-order valence-electron chi connectivity index (χ3n) is 4.41. The van der Waals surface area contributed by atoms with Gasteiger partial charge in [-0.05, 0) is 31.0 Å². The van der Waals surface area contributed by atoms with Crippen molar-refractivity contribution >= 4 is 17.8 Å². The van der Waals surface area contributed by atoms with Gasteiger partial charge in [0, 0.05) is 35.4 Å². The van der Waals surface area contributed by atoms with Crippen LogP contribution in [-0.2, 0) is 6.54 Å². The first kappa shape index (κ1) is 21.1. The van der Waals surface area contributed by atoms with Crippen molar-refractivity contribution in [3.8, 4) is 11.4 Å². The number of aromatic amines is 1. The molecule has 2 aromatic rings. The van der Waals surface area contributed by atoms with Gasteiger partial charge in [-0.2, -0.15) is 0 Å². The van der Waals surface area contributed by atoms with Crippen LogP contribution in [0, 0.1) is 5.92 Å². The van der Waals surface area contributed by atoms with E-state index in [4.69, 9.17) is 4.99 Å². The van der Waals surface area contributed by atoms with Crippen molar-refractivity contribution < 1.29 is 0 Å². The first-order chi connectivity index (χ1) is 14.4. The van der Waals surface area contributed by atoms with Crippen LogP contribution in [-0.4, -0.2) is 28.9 Å². The molecule has 152 valence electrons. The molecule has 1 aromatic carbocycles. The Balaban J connectivity index is 0.00000117. The molecule has 29 heavy (non-hydrogen) atoms. The molecule has 0 radical (unpaired) electrons. The average molecular weight is 408 g/mol. The minimum Gasteiger partial charge on any atom is -0.341 e. The first-order valence-electron chi connectivity index (χ1n) is 10.2. The summed E-state index contributed by atoms with van der Waals surface area (Å²) in [5, 5.41) is 3.46. The highest BCUT2D eigenvalue weighted by Gasteiger charge is 2.17. The van der Waals surface area contributed by atoms with Crippen molar-refractivity contribution in [2.45, 2.75) is 26.8 Å². The van der Waals surface area contributed by atoms with Crippen LogP contribution in [0.1, 0.15) is 26.0 Å². The number of amidine groups is 1. The summed E-state index contributed by atoms with van der Waals surface area (Å²) in [6, 6.07) is 10.2. The van der Waals surface area contributed by atoms with Crippen molar-refractivity contribution in [2.24, 2.45) is 10.9 Å². The molecule has 1 atom stereocenters. The normalized spacial score (nSPS) is 18.5. The van der Waals surface area contributed by atoms with Crippen molar-refractivity contribution in [1.82, 2.24) is 20.0 Å². The number of H-pyrrole nitrogens is 1. The van der Waals surface area contributed by atoms with Gasteiger partial charge < -0.3 is 15.0 Å². The topological polar surface area (TPSA) is 65.1 Å². The van der Waals surface area contributed by atoms with Crippen molar-refractivity contribution in [3.63, 3.8) is 0 Å². The van der Waals surface area contributed by atoms with E-state index in [-0.39, 0.29) is 5.92 Å². The molecule has 1 aliphatic heterocycles. The molecular weight excluding hydrogens is 378 g/mol. The van der Waals surface area contributed by atoms with E-state index in [9.17, 15) is 0 Å². The molecule has 0 saturated carbocycles. The van der Waals surface area contributed by atoms with Gasteiger partial charge in [-0.1, -0.05) is 68.5 Å². The molecule has 6 heteroatoms. The van der Waals surface area contributed by atoms with Gasteiger partial charge in [-0.25, -0.2) is 4.98 Å². The Hall–Kier alpha value is -2.57. The summed E-state index contributed by atoms with van der Waals surface area (Å²) in [4.78, 5) is 13.8. The Morgan fingerprint density at radius 3 is 2.90 bits per heavy atom. The maximum atomic E-state index is 4.73. The summed E-state index contributed by atoms with van der Waals surface area (Å²) in [6.07, 6.45) is 13.6. The summed E-state index contributed by atoms with van der Waals surface area (Å²) >= 11 is 1.63. The van der Waals surface area contributed by atoms with E-state index >= 15 is 0 Å². The number of aromatic nitrogens is 2. The fraction of sp³-hybridized carbons (Fsp3) is 0.304. The van der Waals surface area contributed by atoms with E-state index in [1.54, 1.807) is 11.9 Å². The molecule has 3 N–H and O–H groups in total. The maximum Gasteiger partial charge on any atom is 0.137 e. The molecule has 1 aliphatic carbocycles. The van der Waals surface area contributed by atoms with Crippen LogP contribution in [0.25, 0.3) is 11.4 Å². The number of benzene rings is 1. The summed E-state index contributed by atoms with van der Waals surface area (Å²) < 4.78 is 3.36. The second kappa shape index (κ2) is 11.4. The number of fused-ring (bicyclic) bond motifs is 1. The molecule has 2 aliphatic rings. The minimum absolute atomic E-state index is 0.269. The van der Waals surface area contributed by atoms with Crippen LogP contribution < -0.4 is 10.0 Å². The van der Waals surface area contributed by atoms with Gasteiger partial charge in [-0.3, -0.25) is 4.99 Å². The highest BCUT2D eigenvalue weighted by Crippen LogP contribution is 2.26. The van der Waals surface area contributed by atoms with Crippen LogP contribution in [0.5, 0.6) is 0 Å². The Labute approximate surface area is 177 Å². The molecule has 4 rings (SSSR count). The Morgan fingerprint density at radius 2 is 2.03 bits per heavy atom. The predicted molar refractivity (Wildman–Crippen MR) is 125 cm³/mol. The zero-order valence-electron chi connectivity index (χ0n) is 17.1. The molecule has 5 nitrogen and oxygen atoms in total. The van der Waals surface area contributed by atoms with E-state index in [1.807, 2.05) is 38.2 Å². The minimum atomic E-state index is 0.269. The molecule has 2 bridgehead atoms. The van der Waals surface area contributed by atoms with Gasteiger partial charge in [0.1, 0.15) is 11.7 Å². The highest BCUT2D eigenvalue weighted by atomic mass is 32.2. The van der Waals surface area contributed by atoms with Crippen molar-refractivity contribution in [3.05, 3.63) is 77.5 Å². The molecule has 0 saturated heterocycles. The number of nitrogens with zero attached hydrogens (tertiary/aromatic N) is 2. The second-order valence-corrected chi connectivity index (χ2v) is 7.34. The number of rotatable bonds is 7. The largest absolute Gasteiger partial charge is 0.341 e. The monoisotopic (exact) mass is 407 g/mol. The Bertz CT molecular complexity index is 880. The maximum absolute atomic E-state index is 4.73. The zero-order valence-corrected chi connectivity index (χ0v) is 17.9. The lowest BCUT2D eigenvalue weighted by Gasteiger charge is -2.19. The van der Waals surface area contributed by atoms with E-state index in [0.29, 0.717) is 0 Å². The lowest BCUT2D eigenvalue weighted by molar-refractivity contribution is 0.647. The third-order valence-corrected chi connectivity index (χ3v) is 5.23. The quantitative estimate of drug-likeness (QED) is 0.453. The van der Waals surface area contributed by atoms with E-state index in [0.717, 1.165) is 49.0 Å². The summed E-state index contributed by atoms with van der Waals surface area (Å²) in [5.41, 5.74) is 2.21. The van der Waals surface area contributed by atoms with Crippen LogP contribution in [0.4, 0.5) is 0 Å². The number of allylic oxidation sites excluding steroid dienone is 3. The number of nitrogens with one attached hydrogen (secondary N) is 3. The Kier molecular flexibility index (Phi) is 8.34. The van der Waals surface area contributed by atoms with E-state index in [2.05, 4.69) is 62.5 Å². The Morgan fingerprint density at radius 1 is 1.17 bits per heavy atom. The van der Waals surface area contributed by atoms with Gasteiger partial charge in [0.25, 0.3) is 0 Å². The van der Waals surface area contributed by atoms with Gasteiger partial charge in [0.15, 0.2) is 0 Å². The number of hydrogen-bond donors (Lipinski definition) is 3. The van der Waals surface area contributed by atoms with Crippen molar-refractivity contribution in [1.29, 1.82) is 0 Å². The van der Waals surface area contributed by atoms with E-state index in [1.165, 1.54) is 4.91 Å². The van der Waals surface area contributed by atoms with Crippen molar-refractivity contribution in [2.75, 3.05) is 13.1 Å². The van der Waals surface area contributed by atoms with Gasteiger partial charge in [-0.15, -0.1) is 0 Å². The standard InChI is InChI=1S/C21H23N5S.C2H6/c1-2-7-16(8-3-1)20-24-15-18(25-20)14-22-11-6-12-23-21-17-9-4-5-10-19(13-17)27-26-21;1-2/h1-5,7-10,13,15,17,22H,6,11-12,14H2,(H,23,26)(H,24,25);1-2H3. The first-order valence-corrected chi connectivity index (χ1v) is 11.0. The summed E-state index contributed by atoms with van der Waals surface area (Å²) in [6.45, 7) is 6.52. The average Bonchev–Trinajstić information content (AvgIpc) is 3.17. The molecule has 2 heterocycles. The lowest BCUT2D eigenvalue weighted by atomic mass is 10.1. The molecule has 0 fully saturated rings. The van der Waals surface area contributed by atoms with Crippen LogP contribution in [0.2, 0.25) is 0 Å². The van der Waals surface area contributed by atoms with Crippen LogP contribution >= 0.6 is 11.9 Å². The molecule has 0 spiro atoms. The fourth-order valence-electron chi connectivity index (χ4n) is 3.00. The lowest BCUT2D eigenvalue weighted by Crippen LogP contribution is -2.27. The van der Waals surface area contributed by atoms with Crippen LogP contribution in [0.3, 0.4) is 0 Å². The zero-order chi connectivity index (χ0) is 20.3. The number of hydrogen-bond acceptors (Lipinski definition) is 4. The smallest absolute Gasteiger partial charge is 0.137 e. The summed E-state index contributed by atoms with van der Waals surface area (Å²) in [5.74, 6) is 2.23. The molecular formula is C23H29N5S. The molecule has 1 aromatic heterocycles. The molecule has 1 unspecified atom stereocenters. The second-order valence-electron chi connectivity index (χ2n) is 6.46. The predicted octanol–water partition coefficient (Wildman–Crippen LogP) is 4.86. The highest BCUT2D eigenvalue weighted by molar-refractivity contribution is 8.02. The number of aliphatic imine (C=N–C) groups is 1. The van der Waals surface area contributed by atoms with E-state index < -0.39 is 0 Å². The fourth-order valence-corrected chi connectivity index (χ4v) is 3.78. The summed E-state index contributed by atoms with van der Waals surface area (Å²) in [7, 11) is 0. The van der Waals surface area contributed by atoms with Gasteiger partial charge in [0.05, 0.1) is 5.92 Å². The molecule has 0 amide bonds.